The van der Waals surface area contributed by atoms with Gasteiger partial charge in [-0.25, -0.2) is 0 Å². The third-order valence-corrected chi connectivity index (χ3v) is 12.8. The van der Waals surface area contributed by atoms with Gasteiger partial charge in [-0.1, -0.05) is 0 Å². The van der Waals surface area contributed by atoms with Crippen LogP contribution in [-0.4, -0.2) is 167 Å². The Morgan fingerprint density at radius 3 is 1.07 bits per heavy atom. The van der Waals surface area contributed by atoms with Gasteiger partial charge < -0.3 is 76.0 Å². The summed E-state index contributed by atoms with van der Waals surface area (Å²) in [5.74, 6) is 0. The Morgan fingerprint density at radius 1 is 0.386 bits per heavy atom. The summed E-state index contributed by atoms with van der Waals surface area (Å²) in [6.45, 7) is 1.10. The number of hydrogen-bond acceptors (Lipinski definition) is 18. The largest absolute Gasteiger partial charge is 0.394 e. The molecule has 3 unspecified atom stereocenters. The van der Waals surface area contributed by atoms with Gasteiger partial charge in [-0.3, -0.25) is 0 Å². The molecular formula is C22H50N3O16P3. The summed E-state index contributed by atoms with van der Waals surface area (Å²) in [7, 11) is -8.52. The van der Waals surface area contributed by atoms with E-state index in [0.717, 1.165) is 0 Å². The van der Waals surface area contributed by atoms with Gasteiger partial charge in [-0.05, 0) is 0 Å². The lowest BCUT2D eigenvalue weighted by Crippen LogP contribution is -2.13. The summed E-state index contributed by atoms with van der Waals surface area (Å²) in [6, 6.07) is 0. The lowest BCUT2D eigenvalue weighted by Gasteiger charge is -2.31. The monoisotopic (exact) mass is 705 g/mol. The maximum atomic E-state index is 11.6. The summed E-state index contributed by atoms with van der Waals surface area (Å²) < 4.78 is 80.2. The first-order chi connectivity index (χ1) is 21.4. The number of methoxy groups -OCH3 is 2. The van der Waals surface area contributed by atoms with Crippen LogP contribution in [0.4, 0.5) is 0 Å². The molecule has 1 rings (SSSR count). The zero-order chi connectivity index (χ0) is 32.2. The Hall–Kier alpha value is 0.0500. The van der Waals surface area contributed by atoms with Gasteiger partial charge >= 0.3 is 23.0 Å². The molecule has 4 N–H and O–H groups in total. The van der Waals surface area contributed by atoms with Gasteiger partial charge in [0.05, 0.1) is 132 Å². The van der Waals surface area contributed by atoms with Gasteiger partial charge in [-0.2, -0.15) is 0 Å². The highest BCUT2D eigenvalue weighted by molar-refractivity contribution is 7.78. The molecule has 0 aromatic heterocycles. The predicted molar refractivity (Wildman–Crippen MR) is 159 cm³/mol. The zero-order valence-electron chi connectivity index (χ0n) is 25.5. The molecule has 0 aromatic carbocycles. The van der Waals surface area contributed by atoms with E-state index in [0.29, 0.717) is 26.4 Å². The van der Waals surface area contributed by atoms with E-state index < -0.39 is 23.0 Å². The molecule has 0 fully saturated rings. The molecule has 1 aliphatic rings. The fourth-order valence-electron chi connectivity index (χ4n) is 2.89. The van der Waals surface area contributed by atoms with E-state index in [-0.39, 0.29) is 106 Å². The average molecular weight is 706 g/mol. The van der Waals surface area contributed by atoms with Crippen LogP contribution in [0.2, 0.25) is 0 Å². The lowest BCUT2D eigenvalue weighted by molar-refractivity contribution is 0.0465. The minimum atomic E-state index is -4.08. The molecule has 0 aliphatic carbocycles. The van der Waals surface area contributed by atoms with Crippen LogP contribution in [0.15, 0.2) is 13.5 Å². The van der Waals surface area contributed by atoms with Crippen molar-refractivity contribution in [2.45, 2.75) is 0 Å². The number of hydrogen-bond donors (Lipinski definition) is 4. The van der Waals surface area contributed by atoms with E-state index in [1.54, 1.807) is 14.2 Å². The second-order valence-electron chi connectivity index (χ2n) is 8.15. The van der Waals surface area contributed by atoms with E-state index in [4.69, 9.17) is 71.1 Å². The van der Waals surface area contributed by atoms with Gasteiger partial charge in [0, 0.05) is 14.2 Å². The average Bonchev–Trinajstić information content (AvgIpc) is 3.00. The van der Waals surface area contributed by atoms with Crippen molar-refractivity contribution in [1.29, 1.82) is 0 Å². The third-order valence-electron chi connectivity index (χ3n) is 4.70. The van der Waals surface area contributed by atoms with Crippen LogP contribution in [0.3, 0.4) is 0 Å². The van der Waals surface area contributed by atoms with E-state index in [1.165, 1.54) is 0 Å². The van der Waals surface area contributed by atoms with Crippen molar-refractivity contribution in [3.05, 3.63) is 0 Å². The summed E-state index contributed by atoms with van der Waals surface area (Å²) in [4.78, 5) is 11.6. The van der Waals surface area contributed by atoms with Crippen LogP contribution >= 0.6 is 23.0 Å². The van der Waals surface area contributed by atoms with Crippen LogP contribution in [0.25, 0.3) is 0 Å². The molecule has 22 heteroatoms. The van der Waals surface area contributed by atoms with Crippen molar-refractivity contribution < 1.29 is 76.0 Å². The normalized spacial score (nSPS) is 23.3. The standard InChI is InChI=1S/C22H50N3O16P3/c1-30-9-11-35-16-21-40-43(38-19-14-33-7-4-27)23-42(29,37-18-13-32-6-3-26)24-44(25-43,39-20-15-34-8-5-28)41-22-17-36-12-10-31-2/h26-29H,3-22H2,1-2H3. The van der Waals surface area contributed by atoms with Crippen LogP contribution in [-0.2, 0) is 55.8 Å². The van der Waals surface area contributed by atoms with Gasteiger partial charge in [-0.15, -0.1) is 13.5 Å². The van der Waals surface area contributed by atoms with Crippen molar-refractivity contribution in [2.75, 3.05) is 146 Å². The lowest BCUT2D eigenvalue weighted by atomic mass is 10.7. The minimum Gasteiger partial charge on any atom is -0.394 e. The molecule has 3 atom stereocenters. The first-order valence-corrected chi connectivity index (χ1v) is 18.6. The Balaban J connectivity index is 3.42. The Kier molecular flexibility index (Phi) is 25.9. The number of aliphatic hydroxyl groups is 3. The van der Waals surface area contributed by atoms with Gasteiger partial charge in [0.1, 0.15) is 0 Å². The number of aliphatic hydroxyl groups excluding tert-OH is 3. The first kappa shape index (κ1) is 42.1. The van der Waals surface area contributed by atoms with Crippen molar-refractivity contribution in [3.8, 4) is 0 Å². The smallest absolute Gasteiger partial charge is 0.349 e. The van der Waals surface area contributed by atoms with E-state index in [9.17, 15) is 4.89 Å². The predicted octanol–water partition coefficient (Wildman–Crippen LogP) is 1.27. The highest BCUT2D eigenvalue weighted by Crippen LogP contribution is 2.79. The summed E-state index contributed by atoms with van der Waals surface area (Å²) >= 11 is 0. The molecule has 0 saturated carbocycles. The van der Waals surface area contributed by atoms with Crippen LogP contribution in [0, 0.1) is 0 Å². The van der Waals surface area contributed by atoms with Crippen LogP contribution in [0.1, 0.15) is 0 Å². The number of rotatable bonds is 32. The van der Waals surface area contributed by atoms with E-state index >= 15 is 0 Å². The van der Waals surface area contributed by atoms with Crippen molar-refractivity contribution in [3.63, 3.8) is 0 Å². The summed E-state index contributed by atoms with van der Waals surface area (Å²) in [5, 5.41) is 27.0. The molecule has 0 aromatic rings. The molecule has 0 spiro atoms. The highest BCUT2D eigenvalue weighted by Gasteiger charge is 2.41. The molecule has 0 radical (unpaired) electrons. The maximum Gasteiger partial charge on any atom is 0.349 e. The Labute approximate surface area is 259 Å². The molecule has 0 amide bonds. The second-order valence-corrected chi connectivity index (χ2v) is 14.6. The topological polar surface area (TPSA) is 229 Å². The maximum absolute atomic E-state index is 11.6. The van der Waals surface area contributed by atoms with Crippen molar-refractivity contribution in [1.82, 2.24) is 0 Å². The molecule has 44 heavy (non-hydrogen) atoms. The Morgan fingerprint density at radius 2 is 0.705 bits per heavy atom. The molecule has 0 bridgehead atoms. The van der Waals surface area contributed by atoms with Crippen molar-refractivity contribution >= 4 is 23.0 Å². The van der Waals surface area contributed by atoms with Gasteiger partial charge in [0.25, 0.3) is 0 Å². The fourth-order valence-corrected chi connectivity index (χ4v) is 11.6. The molecule has 1 heterocycles. The van der Waals surface area contributed by atoms with Gasteiger partial charge in [0.15, 0.2) is 0 Å². The summed E-state index contributed by atoms with van der Waals surface area (Å²) in [5.41, 5.74) is 0. The van der Waals surface area contributed by atoms with E-state index in [1.807, 2.05) is 0 Å². The van der Waals surface area contributed by atoms with Gasteiger partial charge in [0.2, 0.25) is 0 Å². The van der Waals surface area contributed by atoms with E-state index in [2.05, 4.69) is 13.5 Å². The fraction of sp³-hybridized carbons (Fsp3) is 1.00. The highest BCUT2D eigenvalue weighted by atomic mass is 31.3. The number of ether oxygens (including phenoxy) is 7. The van der Waals surface area contributed by atoms with Crippen LogP contribution < -0.4 is 0 Å². The quantitative estimate of drug-likeness (QED) is 0.0570. The molecule has 264 valence electrons. The summed E-state index contributed by atoms with van der Waals surface area (Å²) in [6.07, 6.45) is 0. The molecule has 1 aliphatic heterocycles. The zero-order valence-corrected chi connectivity index (χ0v) is 28.2. The van der Waals surface area contributed by atoms with Crippen LogP contribution in [0.5, 0.6) is 0 Å². The molecular weight excluding hydrogens is 655 g/mol. The molecule has 19 nitrogen and oxygen atoms in total. The number of nitrogens with zero attached hydrogens (tertiary/aromatic N) is 3. The molecule has 0 saturated heterocycles. The van der Waals surface area contributed by atoms with Crippen molar-refractivity contribution in [2.24, 2.45) is 13.5 Å². The second kappa shape index (κ2) is 27.0. The Bertz CT molecular complexity index is 839. The third kappa shape index (κ3) is 19.7. The SMILES string of the molecule is COCCOCCOP1(OCCOCCO)=NP(O)(OCCOCCO)=NP(OCCOCCO)(OCCOCCOC)=N1. The minimum absolute atomic E-state index is 0.0239. The first-order valence-electron chi connectivity index (χ1n) is 14.0.